The summed E-state index contributed by atoms with van der Waals surface area (Å²) < 4.78 is 10.5. The van der Waals surface area contributed by atoms with Crippen molar-refractivity contribution in [1.82, 2.24) is 4.90 Å². The number of carbonyl (C=O) groups excluding carboxylic acids is 1. The van der Waals surface area contributed by atoms with Crippen molar-refractivity contribution in [2.75, 3.05) is 26.1 Å². The van der Waals surface area contributed by atoms with Crippen molar-refractivity contribution in [3.05, 3.63) is 54.1 Å². The fourth-order valence-corrected chi connectivity index (χ4v) is 2.72. The molecule has 5 nitrogen and oxygen atoms in total. The molecular formula is C21H28N2O3. The first-order chi connectivity index (χ1) is 12.5. The van der Waals surface area contributed by atoms with Gasteiger partial charge in [-0.1, -0.05) is 30.3 Å². The highest BCUT2D eigenvalue weighted by atomic mass is 16.5. The Morgan fingerprint density at radius 2 is 1.73 bits per heavy atom. The predicted molar refractivity (Wildman–Crippen MR) is 105 cm³/mol. The highest BCUT2D eigenvalue weighted by Gasteiger charge is 2.13. The predicted octanol–water partition coefficient (Wildman–Crippen LogP) is 3.94. The van der Waals surface area contributed by atoms with Crippen LogP contribution in [0.1, 0.15) is 25.8 Å². The van der Waals surface area contributed by atoms with E-state index in [2.05, 4.69) is 36.2 Å². The van der Waals surface area contributed by atoms with Crippen molar-refractivity contribution in [1.29, 1.82) is 0 Å². The van der Waals surface area contributed by atoms with Crippen LogP contribution in [0.2, 0.25) is 0 Å². The molecule has 26 heavy (non-hydrogen) atoms. The molecule has 0 aromatic heterocycles. The molecule has 5 heteroatoms. The molecule has 0 atom stereocenters. The standard InChI is InChI=1S/C21H28N2O3/c1-16(2)23(15-17-8-6-5-7-9-17)13-12-21(24)22-18-10-11-19(25-3)20(14-18)26-4/h5-11,14,16H,12-13,15H2,1-4H3,(H,22,24). The summed E-state index contributed by atoms with van der Waals surface area (Å²) in [5, 5.41) is 2.92. The van der Waals surface area contributed by atoms with E-state index in [4.69, 9.17) is 9.47 Å². The van der Waals surface area contributed by atoms with E-state index in [-0.39, 0.29) is 5.91 Å². The van der Waals surface area contributed by atoms with Gasteiger partial charge in [0, 0.05) is 37.3 Å². The van der Waals surface area contributed by atoms with Crippen molar-refractivity contribution < 1.29 is 14.3 Å². The third-order valence-corrected chi connectivity index (χ3v) is 4.25. The highest BCUT2D eigenvalue weighted by Crippen LogP contribution is 2.29. The first-order valence-electron chi connectivity index (χ1n) is 8.83. The Kier molecular flexibility index (Phi) is 7.48. The van der Waals surface area contributed by atoms with Gasteiger partial charge in [-0.3, -0.25) is 9.69 Å². The summed E-state index contributed by atoms with van der Waals surface area (Å²) in [4.78, 5) is 14.6. The Balaban J connectivity index is 1.92. The van der Waals surface area contributed by atoms with Crippen LogP contribution in [0.15, 0.2) is 48.5 Å². The molecule has 0 aliphatic carbocycles. The number of benzene rings is 2. The van der Waals surface area contributed by atoms with Gasteiger partial charge >= 0.3 is 0 Å². The number of methoxy groups -OCH3 is 2. The molecule has 2 rings (SSSR count). The third kappa shape index (κ3) is 5.77. The quantitative estimate of drug-likeness (QED) is 0.739. The van der Waals surface area contributed by atoms with Crippen molar-refractivity contribution in [2.24, 2.45) is 0 Å². The lowest BCUT2D eigenvalue weighted by atomic mass is 10.2. The fourth-order valence-electron chi connectivity index (χ4n) is 2.72. The molecule has 2 aromatic carbocycles. The number of amides is 1. The summed E-state index contributed by atoms with van der Waals surface area (Å²) in [6, 6.07) is 16.0. The zero-order valence-corrected chi connectivity index (χ0v) is 16.0. The minimum atomic E-state index is -0.0177. The molecule has 0 saturated heterocycles. The second-order valence-corrected chi connectivity index (χ2v) is 6.42. The summed E-state index contributed by atoms with van der Waals surface area (Å²) in [5.41, 5.74) is 1.95. The summed E-state index contributed by atoms with van der Waals surface area (Å²) >= 11 is 0. The average molecular weight is 356 g/mol. The van der Waals surface area contributed by atoms with Crippen LogP contribution in [-0.4, -0.2) is 37.6 Å². The molecule has 2 aromatic rings. The SMILES string of the molecule is COc1ccc(NC(=O)CCN(Cc2ccccc2)C(C)C)cc1OC. The second-order valence-electron chi connectivity index (χ2n) is 6.42. The number of carbonyl (C=O) groups is 1. The number of hydrogen-bond donors (Lipinski definition) is 1. The van der Waals surface area contributed by atoms with Gasteiger partial charge in [0.2, 0.25) is 5.91 Å². The van der Waals surface area contributed by atoms with E-state index in [0.717, 1.165) is 6.54 Å². The van der Waals surface area contributed by atoms with Crippen LogP contribution in [0.3, 0.4) is 0 Å². The van der Waals surface area contributed by atoms with Gasteiger partial charge in [-0.2, -0.15) is 0 Å². The van der Waals surface area contributed by atoms with Gasteiger partial charge in [0.25, 0.3) is 0 Å². The summed E-state index contributed by atoms with van der Waals surface area (Å²) in [7, 11) is 3.16. The van der Waals surface area contributed by atoms with Crippen LogP contribution in [0.4, 0.5) is 5.69 Å². The maximum atomic E-state index is 12.3. The monoisotopic (exact) mass is 356 g/mol. The highest BCUT2D eigenvalue weighted by molar-refractivity contribution is 5.91. The van der Waals surface area contributed by atoms with Gasteiger partial charge in [0.1, 0.15) is 0 Å². The Morgan fingerprint density at radius 3 is 2.35 bits per heavy atom. The average Bonchev–Trinajstić information content (AvgIpc) is 2.65. The topological polar surface area (TPSA) is 50.8 Å². The maximum absolute atomic E-state index is 12.3. The van der Waals surface area contributed by atoms with Gasteiger partial charge in [0.05, 0.1) is 14.2 Å². The first-order valence-corrected chi connectivity index (χ1v) is 8.83. The van der Waals surface area contributed by atoms with Gasteiger partial charge < -0.3 is 14.8 Å². The van der Waals surface area contributed by atoms with Crippen molar-refractivity contribution in [3.63, 3.8) is 0 Å². The Bertz CT molecular complexity index is 702. The van der Waals surface area contributed by atoms with Crippen LogP contribution in [0, 0.1) is 0 Å². The second kappa shape index (κ2) is 9.82. The minimum Gasteiger partial charge on any atom is -0.493 e. The molecule has 1 amide bonds. The summed E-state index contributed by atoms with van der Waals surface area (Å²) in [6.07, 6.45) is 0.430. The number of rotatable bonds is 9. The molecule has 0 fully saturated rings. The number of ether oxygens (including phenoxy) is 2. The van der Waals surface area contributed by atoms with E-state index in [0.29, 0.717) is 36.2 Å². The van der Waals surface area contributed by atoms with E-state index in [1.54, 1.807) is 26.4 Å². The summed E-state index contributed by atoms with van der Waals surface area (Å²) in [6.45, 7) is 5.83. The lowest BCUT2D eigenvalue weighted by molar-refractivity contribution is -0.116. The molecule has 0 spiro atoms. The molecule has 1 N–H and O–H groups in total. The first kappa shape index (κ1) is 19.8. The minimum absolute atomic E-state index is 0.0177. The van der Waals surface area contributed by atoms with Crippen LogP contribution in [0.25, 0.3) is 0 Å². The lowest BCUT2D eigenvalue weighted by Crippen LogP contribution is -2.33. The van der Waals surface area contributed by atoms with E-state index >= 15 is 0 Å². The van der Waals surface area contributed by atoms with Crippen LogP contribution in [0.5, 0.6) is 11.5 Å². The number of anilines is 1. The maximum Gasteiger partial charge on any atom is 0.225 e. The fraction of sp³-hybridized carbons (Fsp3) is 0.381. The third-order valence-electron chi connectivity index (χ3n) is 4.25. The Morgan fingerprint density at radius 1 is 1.04 bits per heavy atom. The number of nitrogens with zero attached hydrogens (tertiary/aromatic N) is 1. The number of hydrogen-bond acceptors (Lipinski definition) is 4. The van der Waals surface area contributed by atoms with E-state index in [9.17, 15) is 4.79 Å². The zero-order chi connectivity index (χ0) is 18.9. The molecule has 0 radical (unpaired) electrons. The molecule has 0 unspecified atom stereocenters. The summed E-state index contributed by atoms with van der Waals surface area (Å²) in [5.74, 6) is 1.22. The van der Waals surface area contributed by atoms with Gasteiger partial charge in [-0.25, -0.2) is 0 Å². The normalized spacial score (nSPS) is 10.8. The molecule has 140 valence electrons. The van der Waals surface area contributed by atoms with E-state index in [1.807, 2.05) is 24.3 Å². The van der Waals surface area contributed by atoms with Crippen LogP contribution < -0.4 is 14.8 Å². The van der Waals surface area contributed by atoms with E-state index in [1.165, 1.54) is 5.56 Å². The Labute approximate surface area is 155 Å². The van der Waals surface area contributed by atoms with Gasteiger partial charge in [-0.05, 0) is 31.5 Å². The van der Waals surface area contributed by atoms with Gasteiger partial charge in [-0.15, -0.1) is 0 Å². The Hall–Kier alpha value is -2.53. The molecule has 0 aliphatic rings. The lowest BCUT2D eigenvalue weighted by Gasteiger charge is -2.26. The van der Waals surface area contributed by atoms with Crippen molar-refractivity contribution in [2.45, 2.75) is 32.9 Å². The smallest absolute Gasteiger partial charge is 0.225 e. The van der Waals surface area contributed by atoms with E-state index < -0.39 is 0 Å². The van der Waals surface area contributed by atoms with Crippen molar-refractivity contribution in [3.8, 4) is 11.5 Å². The van der Waals surface area contributed by atoms with Crippen molar-refractivity contribution >= 4 is 11.6 Å². The largest absolute Gasteiger partial charge is 0.493 e. The number of nitrogens with one attached hydrogen (secondary N) is 1. The van der Waals surface area contributed by atoms with Crippen LogP contribution in [-0.2, 0) is 11.3 Å². The molecule has 0 aliphatic heterocycles. The molecule has 0 saturated carbocycles. The molecule has 0 heterocycles. The van der Waals surface area contributed by atoms with Crippen LogP contribution >= 0.6 is 0 Å². The molecule has 0 bridgehead atoms. The molecular weight excluding hydrogens is 328 g/mol. The van der Waals surface area contributed by atoms with Gasteiger partial charge in [0.15, 0.2) is 11.5 Å². The zero-order valence-electron chi connectivity index (χ0n) is 16.0.